The van der Waals surface area contributed by atoms with Gasteiger partial charge in [-0.2, -0.15) is 0 Å². The highest BCUT2D eigenvalue weighted by Crippen LogP contribution is 2.26. The summed E-state index contributed by atoms with van der Waals surface area (Å²) in [6.45, 7) is 5.70. The number of unbranched alkanes of at least 4 members (excludes halogenated alkanes) is 38. The van der Waals surface area contributed by atoms with Crippen molar-refractivity contribution < 1.29 is 49.3 Å². The summed E-state index contributed by atoms with van der Waals surface area (Å²) in [5.74, 6) is -1.21. The number of nitrogens with one attached hydrogen (secondary N) is 1. The molecule has 1 saturated heterocycles. The third-order valence-electron chi connectivity index (χ3n) is 17.3. The molecule has 1 amide bonds. The van der Waals surface area contributed by atoms with Gasteiger partial charge in [0, 0.05) is 6.42 Å². The Labute approximate surface area is 546 Å². The maximum Gasteiger partial charge on any atom is 0.306 e. The van der Waals surface area contributed by atoms with Crippen LogP contribution >= 0.6 is 0 Å². The number of carbonyl (C=O) groups is 2. The van der Waals surface area contributed by atoms with Crippen LogP contribution in [0.5, 0.6) is 0 Å². The van der Waals surface area contributed by atoms with E-state index < -0.39 is 67.4 Å². The normalized spacial score (nSPS) is 18.6. The monoisotopic (exact) mass is 1250 g/mol. The lowest BCUT2D eigenvalue weighted by molar-refractivity contribution is -0.305. The zero-order valence-corrected chi connectivity index (χ0v) is 57.5. The number of esters is 1. The second-order valence-electron chi connectivity index (χ2n) is 25.7. The highest BCUT2D eigenvalue weighted by molar-refractivity contribution is 5.80. The number of hydrogen-bond acceptors (Lipinski definition) is 10. The third-order valence-corrected chi connectivity index (χ3v) is 17.3. The van der Waals surface area contributed by atoms with Gasteiger partial charge in [-0.1, -0.05) is 337 Å². The standard InChI is InChI=1S/C78H139NO10/c1-4-7-10-13-16-19-22-24-26-28-30-32-34-35-36-37-38-40-42-44-46-48-51-54-57-60-63-66-73(83)89-76-75(85)74(84)72(67-80)88-78(76)87-68-69(70(81)64-61-58-55-52-49-21-18-15-12-9-6-3)79-77(86)71(82)65-62-59-56-53-50-47-45-43-41-39-33-31-29-27-25-23-20-17-14-11-8-5-2/h8,11,17,20,25,27,31,33,41,43,47,50,61,64,69-72,74-76,78,80-82,84-85H,4-7,9-10,12-16,18-19,21-24,26,28-30,32,34-40,42,44-46,48-49,51-60,62-63,65-68H2,1-3H3,(H,79,86)/b11-8-,20-17-,27-25-,33-31-,43-41-,50-47-,64-61+. The molecule has 1 aliphatic heterocycles. The number of carbonyl (C=O) groups excluding carboxylic acids is 2. The lowest BCUT2D eigenvalue weighted by Crippen LogP contribution is -2.61. The summed E-state index contributed by atoms with van der Waals surface area (Å²) in [6.07, 6.45) is 76.4. The summed E-state index contributed by atoms with van der Waals surface area (Å²) in [7, 11) is 0. The van der Waals surface area contributed by atoms with Gasteiger partial charge in [0.25, 0.3) is 0 Å². The first-order valence-corrected chi connectivity index (χ1v) is 37.4. The number of rotatable bonds is 64. The number of allylic oxidation sites excluding steroid dienone is 13. The van der Waals surface area contributed by atoms with Crippen molar-refractivity contribution in [2.24, 2.45) is 0 Å². The van der Waals surface area contributed by atoms with Gasteiger partial charge in [0.15, 0.2) is 12.4 Å². The van der Waals surface area contributed by atoms with E-state index in [1.807, 2.05) is 6.08 Å². The molecule has 0 radical (unpaired) electrons. The molecule has 6 N–H and O–H groups in total. The Kier molecular flexibility index (Phi) is 61.2. The Hall–Kier alpha value is -3.16. The Morgan fingerprint density at radius 1 is 0.449 bits per heavy atom. The van der Waals surface area contributed by atoms with E-state index in [-0.39, 0.29) is 19.4 Å². The smallest absolute Gasteiger partial charge is 0.306 e. The highest BCUT2D eigenvalue weighted by Gasteiger charge is 2.47. The lowest BCUT2D eigenvalue weighted by Gasteiger charge is -2.41. The Morgan fingerprint density at radius 3 is 1.21 bits per heavy atom. The van der Waals surface area contributed by atoms with Crippen molar-refractivity contribution in [3.8, 4) is 0 Å². The fourth-order valence-electron chi connectivity index (χ4n) is 11.5. The molecule has 11 nitrogen and oxygen atoms in total. The summed E-state index contributed by atoms with van der Waals surface area (Å²) < 4.78 is 17.7. The number of aliphatic hydroxyl groups excluding tert-OH is 5. The van der Waals surface area contributed by atoms with Crippen LogP contribution in [0.4, 0.5) is 0 Å². The minimum atomic E-state index is -1.62. The number of amides is 1. The van der Waals surface area contributed by atoms with Crippen molar-refractivity contribution in [3.05, 3.63) is 85.1 Å². The van der Waals surface area contributed by atoms with Gasteiger partial charge in [-0.25, -0.2) is 0 Å². The van der Waals surface area contributed by atoms with Gasteiger partial charge in [0.1, 0.15) is 24.4 Å². The van der Waals surface area contributed by atoms with Crippen molar-refractivity contribution in [3.63, 3.8) is 0 Å². The minimum absolute atomic E-state index is 0.121. The molecule has 0 aromatic heterocycles. The number of hydrogen-bond donors (Lipinski definition) is 6. The van der Waals surface area contributed by atoms with Crippen LogP contribution in [-0.2, 0) is 23.8 Å². The second kappa shape index (κ2) is 64.9. The summed E-state index contributed by atoms with van der Waals surface area (Å²) >= 11 is 0. The van der Waals surface area contributed by atoms with E-state index in [1.54, 1.807) is 6.08 Å². The third kappa shape index (κ3) is 52.0. The van der Waals surface area contributed by atoms with E-state index in [9.17, 15) is 35.1 Å². The van der Waals surface area contributed by atoms with E-state index >= 15 is 0 Å². The van der Waals surface area contributed by atoms with Crippen molar-refractivity contribution in [2.45, 2.75) is 384 Å². The van der Waals surface area contributed by atoms with Gasteiger partial charge >= 0.3 is 5.97 Å². The maximum atomic E-state index is 13.5. The summed E-state index contributed by atoms with van der Waals surface area (Å²) in [4.78, 5) is 26.7. The Morgan fingerprint density at radius 2 is 0.809 bits per heavy atom. The highest BCUT2D eigenvalue weighted by atomic mass is 16.7. The van der Waals surface area contributed by atoms with Gasteiger partial charge in [-0.3, -0.25) is 9.59 Å². The molecule has 516 valence electrons. The first kappa shape index (κ1) is 83.9. The van der Waals surface area contributed by atoms with E-state index in [0.717, 1.165) is 103 Å². The molecule has 0 bridgehead atoms. The number of aliphatic hydroxyl groups is 5. The number of ether oxygens (including phenoxy) is 3. The summed E-state index contributed by atoms with van der Waals surface area (Å²) in [5.41, 5.74) is 0. The van der Waals surface area contributed by atoms with Crippen LogP contribution in [-0.4, -0.2) is 99.6 Å². The molecule has 1 fully saturated rings. The maximum absolute atomic E-state index is 13.5. The molecule has 0 spiro atoms. The SMILES string of the molecule is CC/C=C\C/C=C\C/C=C\C/C=C\C/C=C\C/C=C\CCCCCC(O)C(=O)NC(COC1OC(CO)C(O)C(O)C1OC(=O)CCCCCCCCCCCCCCCCCCCCCCCCCCCCC)C(O)/C=C/CCCCCCCCCCC. The molecule has 1 aliphatic rings. The first-order valence-electron chi connectivity index (χ1n) is 37.4. The molecule has 89 heavy (non-hydrogen) atoms. The summed E-state index contributed by atoms with van der Waals surface area (Å²) in [6, 6.07) is -1.04. The van der Waals surface area contributed by atoms with Crippen molar-refractivity contribution in [1.29, 1.82) is 0 Å². The first-order chi connectivity index (χ1) is 43.7. The molecule has 0 aliphatic carbocycles. The largest absolute Gasteiger partial charge is 0.454 e. The van der Waals surface area contributed by atoms with E-state index in [0.29, 0.717) is 12.8 Å². The molecule has 0 aromatic rings. The Balaban J connectivity index is 2.53. The Bertz CT molecular complexity index is 1780. The molecule has 0 aromatic carbocycles. The predicted octanol–water partition coefficient (Wildman–Crippen LogP) is 19.6. The molecule has 8 atom stereocenters. The average Bonchev–Trinajstić information content (AvgIpc) is 2.36. The molecule has 11 heteroatoms. The quantitative estimate of drug-likeness (QED) is 0.0195. The minimum Gasteiger partial charge on any atom is -0.454 e. The molecule has 8 unspecified atom stereocenters. The lowest BCUT2D eigenvalue weighted by atomic mass is 9.99. The average molecular weight is 1250 g/mol. The topological polar surface area (TPSA) is 175 Å². The van der Waals surface area contributed by atoms with Crippen LogP contribution in [0.25, 0.3) is 0 Å². The van der Waals surface area contributed by atoms with Crippen LogP contribution in [0.3, 0.4) is 0 Å². The van der Waals surface area contributed by atoms with E-state index in [4.69, 9.17) is 14.2 Å². The molecular weight excluding hydrogens is 1110 g/mol. The fourth-order valence-corrected chi connectivity index (χ4v) is 11.5. The van der Waals surface area contributed by atoms with Gasteiger partial charge < -0.3 is 45.1 Å². The summed E-state index contributed by atoms with van der Waals surface area (Å²) in [5, 5.41) is 57.2. The van der Waals surface area contributed by atoms with Crippen LogP contribution in [0.1, 0.15) is 335 Å². The van der Waals surface area contributed by atoms with Crippen molar-refractivity contribution in [1.82, 2.24) is 5.32 Å². The second-order valence-corrected chi connectivity index (χ2v) is 25.7. The van der Waals surface area contributed by atoms with Crippen molar-refractivity contribution in [2.75, 3.05) is 13.2 Å². The van der Waals surface area contributed by atoms with E-state index in [1.165, 1.54) is 186 Å². The molecular formula is C78H139NO10. The van der Waals surface area contributed by atoms with Gasteiger partial charge in [0.05, 0.1) is 25.4 Å². The zero-order chi connectivity index (χ0) is 64.6. The zero-order valence-electron chi connectivity index (χ0n) is 57.5. The van der Waals surface area contributed by atoms with Crippen molar-refractivity contribution >= 4 is 11.9 Å². The van der Waals surface area contributed by atoms with Crippen LogP contribution in [0.2, 0.25) is 0 Å². The van der Waals surface area contributed by atoms with Crippen LogP contribution < -0.4 is 5.32 Å². The van der Waals surface area contributed by atoms with Crippen LogP contribution in [0.15, 0.2) is 85.1 Å². The van der Waals surface area contributed by atoms with Gasteiger partial charge in [-0.15, -0.1) is 0 Å². The van der Waals surface area contributed by atoms with Gasteiger partial charge in [-0.05, 0) is 77.0 Å². The molecule has 1 heterocycles. The fraction of sp³-hybridized carbons (Fsp3) is 0.795. The molecule has 0 saturated carbocycles. The predicted molar refractivity (Wildman–Crippen MR) is 375 cm³/mol. The van der Waals surface area contributed by atoms with Crippen LogP contribution in [0, 0.1) is 0 Å². The van der Waals surface area contributed by atoms with E-state index in [2.05, 4.69) is 99.0 Å². The molecule has 1 rings (SSSR count). The van der Waals surface area contributed by atoms with Gasteiger partial charge in [0.2, 0.25) is 5.91 Å².